The standard InChI is InChI=1S/C21H25NO5S/c1-12-5-8-18-14(9-12)10-19(28-18)21(24)27-13(2)20(23)22-15-6-7-16(25-3)17(11-15)26-4/h6-7,10-13H,5,8-9H2,1-4H3,(H,22,23)/t12-,13-/m0/s1. The summed E-state index contributed by atoms with van der Waals surface area (Å²) in [4.78, 5) is 26.7. The summed E-state index contributed by atoms with van der Waals surface area (Å²) in [5.74, 6) is 0.842. The molecule has 1 aromatic carbocycles. The molecule has 3 rings (SSSR count). The largest absolute Gasteiger partial charge is 0.493 e. The van der Waals surface area contributed by atoms with Crippen molar-refractivity contribution in [2.75, 3.05) is 19.5 Å². The Hall–Kier alpha value is -2.54. The second kappa shape index (κ2) is 8.65. The lowest BCUT2D eigenvalue weighted by Crippen LogP contribution is -2.29. The minimum Gasteiger partial charge on any atom is -0.493 e. The van der Waals surface area contributed by atoms with Gasteiger partial charge in [0.1, 0.15) is 4.88 Å². The number of aryl methyl sites for hydroxylation is 1. The Balaban J connectivity index is 1.62. The monoisotopic (exact) mass is 403 g/mol. The highest BCUT2D eigenvalue weighted by Gasteiger charge is 2.24. The summed E-state index contributed by atoms with van der Waals surface area (Å²) in [5, 5.41) is 2.73. The molecule has 7 heteroatoms. The van der Waals surface area contributed by atoms with Crippen LogP contribution < -0.4 is 14.8 Å². The highest BCUT2D eigenvalue weighted by molar-refractivity contribution is 7.14. The van der Waals surface area contributed by atoms with Crippen LogP contribution >= 0.6 is 11.3 Å². The molecule has 1 aliphatic rings. The zero-order valence-electron chi connectivity index (χ0n) is 16.5. The average Bonchev–Trinajstić information content (AvgIpc) is 3.11. The first-order valence-electron chi connectivity index (χ1n) is 9.26. The number of hydrogen-bond acceptors (Lipinski definition) is 6. The van der Waals surface area contributed by atoms with Gasteiger partial charge in [-0.3, -0.25) is 4.79 Å². The molecular formula is C21H25NO5S. The van der Waals surface area contributed by atoms with E-state index in [-0.39, 0.29) is 0 Å². The third-order valence-corrected chi connectivity index (χ3v) is 6.05. The smallest absolute Gasteiger partial charge is 0.349 e. The molecule has 6 nitrogen and oxygen atoms in total. The molecule has 28 heavy (non-hydrogen) atoms. The van der Waals surface area contributed by atoms with Gasteiger partial charge in [-0.1, -0.05) is 6.92 Å². The molecule has 1 heterocycles. The molecule has 2 atom stereocenters. The van der Waals surface area contributed by atoms with Crippen LogP contribution in [0.1, 0.15) is 40.4 Å². The van der Waals surface area contributed by atoms with E-state index in [9.17, 15) is 9.59 Å². The van der Waals surface area contributed by atoms with E-state index in [1.54, 1.807) is 32.2 Å². The Morgan fingerprint density at radius 3 is 2.64 bits per heavy atom. The van der Waals surface area contributed by atoms with Crippen LogP contribution in [0, 0.1) is 5.92 Å². The lowest BCUT2D eigenvalue weighted by atomic mass is 9.90. The summed E-state index contributed by atoms with van der Waals surface area (Å²) in [7, 11) is 3.07. The number of nitrogens with one attached hydrogen (secondary N) is 1. The van der Waals surface area contributed by atoms with Gasteiger partial charge in [0.2, 0.25) is 0 Å². The zero-order valence-corrected chi connectivity index (χ0v) is 17.4. The predicted octanol–water partition coefficient (Wildman–Crippen LogP) is 4.07. The van der Waals surface area contributed by atoms with Gasteiger partial charge in [0.25, 0.3) is 5.91 Å². The lowest BCUT2D eigenvalue weighted by Gasteiger charge is -2.16. The maximum absolute atomic E-state index is 12.5. The SMILES string of the molecule is COc1ccc(NC(=O)[C@H](C)OC(=O)c2cc3c(s2)CC[C@H](C)C3)cc1OC. The van der Waals surface area contributed by atoms with Gasteiger partial charge in [0, 0.05) is 16.6 Å². The predicted molar refractivity (Wildman–Crippen MR) is 109 cm³/mol. The average molecular weight is 404 g/mol. The highest BCUT2D eigenvalue weighted by Crippen LogP contribution is 2.33. The van der Waals surface area contributed by atoms with Gasteiger partial charge < -0.3 is 19.5 Å². The Bertz CT molecular complexity index is 876. The first-order chi connectivity index (χ1) is 13.4. The van der Waals surface area contributed by atoms with E-state index in [2.05, 4.69) is 12.2 Å². The molecule has 0 saturated heterocycles. The Morgan fingerprint density at radius 2 is 1.93 bits per heavy atom. The molecule has 0 aliphatic heterocycles. The summed E-state index contributed by atoms with van der Waals surface area (Å²) in [6.45, 7) is 3.78. The van der Waals surface area contributed by atoms with Gasteiger partial charge in [0.15, 0.2) is 17.6 Å². The summed E-state index contributed by atoms with van der Waals surface area (Å²) in [5.41, 5.74) is 1.77. The number of fused-ring (bicyclic) bond motifs is 1. The van der Waals surface area contributed by atoms with Crippen molar-refractivity contribution in [2.45, 2.75) is 39.2 Å². The van der Waals surface area contributed by atoms with Crippen molar-refractivity contribution in [3.63, 3.8) is 0 Å². The minimum atomic E-state index is -0.918. The fourth-order valence-electron chi connectivity index (χ4n) is 3.24. The fraction of sp³-hybridized carbons (Fsp3) is 0.429. The summed E-state index contributed by atoms with van der Waals surface area (Å²) in [6, 6.07) is 6.96. The van der Waals surface area contributed by atoms with Gasteiger partial charge in [-0.25, -0.2) is 4.79 Å². The summed E-state index contributed by atoms with van der Waals surface area (Å²) >= 11 is 1.48. The number of hydrogen-bond donors (Lipinski definition) is 1. The zero-order chi connectivity index (χ0) is 20.3. The van der Waals surface area contributed by atoms with Crippen molar-refractivity contribution in [3.05, 3.63) is 39.6 Å². The number of thiophene rings is 1. The van der Waals surface area contributed by atoms with Gasteiger partial charge in [-0.05, 0) is 55.9 Å². The molecule has 2 aromatic rings. The van der Waals surface area contributed by atoms with Gasteiger partial charge in [0.05, 0.1) is 14.2 Å². The van der Waals surface area contributed by atoms with Crippen LogP contribution in [0.4, 0.5) is 5.69 Å². The molecule has 0 bridgehead atoms. The lowest BCUT2D eigenvalue weighted by molar-refractivity contribution is -0.123. The second-order valence-corrected chi connectivity index (χ2v) is 8.15. The Kier molecular flexibility index (Phi) is 6.24. The molecule has 1 aliphatic carbocycles. The normalized spacial score (nSPS) is 16.6. The fourth-order valence-corrected chi connectivity index (χ4v) is 4.33. The molecule has 1 N–H and O–H groups in total. The van der Waals surface area contributed by atoms with Crippen LogP contribution in [-0.4, -0.2) is 32.2 Å². The molecule has 0 saturated carbocycles. The Morgan fingerprint density at radius 1 is 1.18 bits per heavy atom. The number of methoxy groups -OCH3 is 2. The van der Waals surface area contributed by atoms with Crippen molar-refractivity contribution < 1.29 is 23.8 Å². The van der Waals surface area contributed by atoms with Crippen LogP contribution in [0.15, 0.2) is 24.3 Å². The minimum absolute atomic E-state index is 0.407. The topological polar surface area (TPSA) is 73.9 Å². The third kappa shape index (κ3) is 4.47. The van der Waals surface area contributed by atoms with Crippen molar-refractivity contribution in [2.24, 2.45) is 5.92 Å². The van der Waals surface area contributed by atoms with E-state index < -0.39 is 18.0 Å². The van der Waals surface area contributed by atoms with Crippen LogP contribution in [0.5, 0.6) is 11.5 Å². The van der Waals surface area contributed by atoms with E-state index in [0.29, 0.717) is 28.0 Å². The van der Waals surface area contributed by atoms with Gasteiger partial charge >= 0.3 is 5.97 Å². The van der Waals surface area contributed by atoms with Crippen LogP contribution in [-0.2, 0) is 22.4 Å². The number of esters is 1. The maximum Gasteiger partial charge on any atom is 0.349 e. The van der Waals surface area contributed by atoms with Crippen molar-refractivity contribution in [1.29, 1.82) is 0 Å². The number of carbonyl (C=O) groups is 2. The molecule has 0 unspecified atom stereocenters. The first-order valence-corrected chi connectivity index (χ1v) is 10.1. The number of ether oxygens (including phenoxy) is 3. The molecule has 150 valence electrons. The van der Waals surface area contributed by atoms with Crippen LogP contribution in [0.25, 0.3) is 0 Å². The quantitative estimate of drug-likeness (QED) is 0.736. The number of amides is 1. The number of carbonyl (C=O) groups excluding carboxylic acids is 2. The van der Waals surface area contributed by atoms with E-state index in [0.717, 1.165) is 19.3 Å². The third-order valence-electron chi connectivity index (χ3n) is 4.83. The maximum atomic E-state index is 12.5. The van der Waals surface area contributed by atoms with Crippen molar-refractivity contribution >= 4 is 28.9 Å². The molecule has 0 spiro atoms. The molecule has 0 fully saturated rings. The molecule has 1 amide bonds. The van der Waals surface area contributed by atoms with E-state index in [4.69, 9.17) is 14.2 Å². The van der Waals surface area contributed by atoms with E-state index in [1.807, 2.05) is 6.07 Å². The number of anilines is 1. The van der Waals surface area contributed by atoms with Crippen LogP contribution in [0.3, 0.4) is 0 Å². The van der Waals surface area contributed by atoms with Crippen molar-refractivity contribution in [3.8, 4) is 11.5 Å². The molecular weight excluding hydrogens is 378 g/mol. The molecule has 1 aromatic heterocycles. The van der Waals surface area contributed by atoms with E-state index >= 15 is 0 Å². The number of benzene rings is 1. The molecule has 0 radical (unpaired) electrons. The first kappa shape index (κ1) is 20.2. The highest BCUT2D eigenvalue weighted by atomic mass is 32.1. The second-order valence-electron chi connectivity index (χ2n) is 7.01. The van der Waals surface area contributed by atoms with E-state index in [1.165, 1.54) is 28.9 Å². The van der Waals surface area contributed by atoms with Gasteiger partial charge in [-0.15, -0.1) is 11.3 Å². The number of rotatable bonds is 6. The van der Waals surface area contributed by atoms with Crippen molar-refractivity contribution in [1.82, 2.24) is 0 Å². The summed E-state index contributed by atoms with van der Waals surface area (Å²) in [6.07, 6.45) is 2.23. The van der Waals surface area contributed by atoms with Crippen LogP contribution in [0.2, 0.25) is 0 Å². The Labute approximate surface area is 168 Å². The van der Waals surface area contributed by atoms with Gasteiger partial charge in [-0.2, -0.15) is 0 Å². The summed E-state index contributed by atoms with van der Waals surface area (Å²) < 4.78 is 15.8.